The van der Waals surface area contributed by atoms with Crippen molar-refractivity contribution in [2.75, 3.05) is 12.4 Å². The summed E-state index contributed by atoms with van der Waals surface area (Å²) >= 11 is 0. The van der Waals surface area contributed by atoms with Crippen LogP contribution in [0.15, 0.2) is 48.5 Å². The molecule has 3 aromatic rings. The zero-order valence-electron chi connectivity index (χ0n) is 18.4. The fourth-order valence-corrected chi connectivity index (χ4v) is 4.00. The second kappa shape index (κ2) is 8.91. The van der Waals surface area contributed by atoms with Crippen LogP contribution < -0.4 is 20.9 Å². The molecule has 31 heavy (non-hydrogen) atoms. The maximum atomic E-state index is 13.0. The summed E-state index contributed by atoms with van der Waals surface area (Å²) in [4.78, 5) is 13.0. The topological polar surface area (TPSA) is 80.2 Å². The molecule has 1 fully saturated rings. The van der Waals surface area contributed by atoms with E-state index in [2.05, 4.69) is 40.3 Å². The van der Waals surface area contributed by atoms with Crippen molar-refractivity contribution in [3.63, 3.8) is 0 Å². The Bertz CT molecular complexity index is 1090. The molecular weight excluding hydrogens is 390 g/mol. The zero-order chi connectivity index (χ0) is 22.0. The molecule has 1 aliphatic heterocycles. The van der Waals surface area contributed by atoms with Gasteiger partial charge < -0.3 is 10.1 Å². The van der Waals surface area contributed by atoms with Crippen molar-refractivity contribution in [3.05, 3.63) is 76.6 Å². The lowest BCUT2D eigenvalue weighted by atomic mass is 10.0. The molecule has 1 aliphatic rings. The fourth-order valence-electron chi connectivity index (χ4n) is 4.00. The molecule has 2 atom stereocenters. The molecule has 3 N–H and O–H groups in total. The van der Waals surface area contributed by atoms with Gasteiger partial charge in [0.05, 0.1) is 30.7 Å². The second-order valence-corrected chi connectivity index (χ2v) is 8.03. The first-order valence-electron chi connectivity index (χ1n) is 10.5. The normalized spacial score (nSPS) is 18.2. The molecule has 1 aromatic heterocycles. The Hall–Kier alpha value is -3.16. The Morgan fingerprint density at radius 2 is 1.97 bits per heavy atom. The average molecular weight is 420 g/mol. The summed E-state index contributed by atoms with van der Waals surface area (Å²) < 4.78 is 7.26. The second-order valence-electron chi connectivity index (χ2n) is 8.03. The SMILES string of the molecule is COc1cccc(C2CC(C(=O)Nc3c(C)nn(Cc4ccccc4C)c3C)NN2)c1. The number of nitrogens with one attached hydrogen (secondary N) is 3. The highest BCUT2D eigenvalue weighted by Crippen LogP contribution is 2.27. The van der Waals surface area contributed by atoms with E-state index in [4.69, 9.17) is 4.74 Å². The van der Waals surface area contributed by atoms with Crippen molar-refractivity contribution >= 4 is 11.6 Å². The highest BCUT2D eigenvalue weighted by atomic mass is 16.5. The van der Waals surface area contributed by atoms with E-state index in [0.717, 1.165) is 28.4 Å². The maximum absolute atomic E-state index is 13.0. The van der Waals surface area contributed by atoms with Gasteiger partial charge in [0.25, 0.3) is 0 Å². The lowest BCUT2D eigenvalue weighted by molar-refractivity contribution is -0.117. The number of anilines is 1. The van der Waals surface area contributed by atoms with Gasteiger partial charge >= 0.3 is 0 Å². The minimum absolute atomic E-state index is 0.0387. The molecule has 0 radical (unpaired) electrons. The van der Waals surface area contributed by atoms with Crippen LogP contribution in [0.4, 0.5) is 5.69 Å². The maximum Gasteiger partial charge on any atom is 0.243 e. The summed E-state index contributed by atoms with van der Waals surface area (Å²) in [6.45, 7) is 6.70. The first kappa shape index (κ1) is 21.1. The van der Waals surface area contributed by atoms with E-state index in [-0.39, 0.29) is 18.0 Å². The molecule has 162 valence electrons. The van der Waals surface area contributed by atoms with Crippen molar-refractivity contribution in [3.8, 4) is 5.75 Å². The van der Waals surface area contributed by atoms with Crippen molar-refractivity contribution in [1.82, 2.24) is 20.6 Å². The third-order valence-corrected chi connectivity index (χ3v) is 5.93. The number of rotatable bonds is 6. The molecule has 0 bridgehead atoms. The molecule has 2 aromatic carbocycles. The van der Waals surface area contributed by atoms with Gasteiger partial charge in [0, 0.05) is 6.04 Å². The van der Waals surface area contributed by atoms with Crippen LogP contribution in [0.25, 0.3) is 0 Å². The van der Waals surface area contributed by atoms with Crippen molar-refractivity contribution in [2.24, 2.45) is 0 Å². The molecule has 7 nitrogen and oxygen atoms in total. The van der Waals surface area contributed by atoms with Gasteiger partial charge in [0.1, 0.15) is 11.8 Å². The Kier molecular flexibility index (Phi) is 6.06. The predicted molar refractivity (Wildman–Crippen MR) is 121 cm³/mol. The number of ether oxygens (including phenoxy) is 1. The predicted octanol–water partition coefficient (Wildman–Crippen LogP) is 3.41. The van der Waals surface area contributed by atoms with Gasteiger partial charge in [-0.05, 0) is 56.0 Å². The van der Waals surface area contributed by atoms with Gasteiger partial charge in [-0.15, -0.1) is 0 Å². The largest absolute Gasteiger partial charge is 0.497 e. The number of methoxy groups -OCH3 is 1. The highest BCUT2D eigenvalue weighted by molar-refractivity contribution is 5.96. The molecule has 0 saturated carbocycles. The van der Waals surface area contributed by atoms with Gasteiger partial charge in [-0.2, -0.15) is 5.10 Å². The van der Waals surface area contributed by atoms with Crippen LogP contribution in [0.1, 0.15) is 40.5 Å². The summed E-state index contributed by atoms with van der Waals surface area (Å²) in [7, 11) is 1.65. The molecule has 4 rings (SSSR count). The number of aryl methyl sites for hydroxylation is 2. The van der Waals surface area contributed by atoms with Crippen LogP contribution in [0, 0.1) is 20.8 Å². The van der Waals surface area contributed by atoms with E-state index in [1.165, 1.54) is 11.1 Å². The Labute approximate surface area is 182 Å². The van der Waals surface area contributed by atoms with Crippen LogP contribution in [0.5, 0.6) is 5.75 Å². The molecule has 0 spiro atoms. The molecule has 2 heterocycles. The van der Waals surface area contributed by atoms with Crippen LogP contribution in [0.2, 0.25) is 0 Å². The summed E-state index contributed by atoms with van der Waals surface area (Å²) in [5.74, 6) is 0.735. The van der Waals surface area contributed by atoms with E-state index in [1.54, 1.807) is 7.11 Å². The molecule has 1 amide bonds. The van der Waals surface area contributed by atoms with E-state index < -0.39 is 0 Å². The van der Waals surface area contributed by atoms with E-state index >= 15 is 0 Å². The third-order valence-electron chi connectivity index (χ3n) is 5.93. The first-order chi connectivity index (χ1) is 15.0. The quantitative estimate of drug-likeness (QED) is 0.571. The van der Waals surface area contributed by atoms with Gasteiger partial charge in [-0.25, -0.2) is 10.9 Å². The molecule has 1 saturated heterocycles. The number of hydrogen-bond acceptors (Lipinski definition) is 5. The van der Waals surface area contributed by atoms with Crippen LogP contribution >= 0.6 is 0 Å². The van der Waals surface area contributed by atoms with Crippen molar-refractivity contribution in [1.29, 1.82) is 0 Å². The first-order valence-corrected chi connectivity index (χ1v) is 10.5. The monoisotopic (exact) mass is 419 g/mol. The summed E-state index contributed by atoms with van der Waals surface area (Å²) in [6.07, 6.45) is 0.647. The molecular formula is C24H29N5O2. The summed E-state index contributed by atoms with van der Waals surface area (Å²) in [5.41, 5.74) is 12.4. The number of carbonyl (C=O) groups is 1. The lowest BCUT2D eigenvalue weighted by Crippen LogP contribution is -2.39. The Balaban J connectivity index is 1.44. The zero-order valence-corrected chi connectivity index (χ0v) is 18.4. The number of hydrazine groups is 1. The molecule has 2 unspecified atom stereocenters. The van der Waals surface area contributed by atoms with Gasteiger partial charge in [0.2, 0.25) is 5.91 Å². The highest BCUT2D eigenvalue weighted by Gasteiger charge is 2.31. The number of aromatic nitrogens is 2. The number of amides is 1. The Morgan fingerprint density at radius 3 is 2.74 bits per heavy atom. The van der Waals surface area contributed by atoms with Gasteiger partial charge in [-0.1, -0.05) is 36.4 Å². The van der Waals surface area contributed by atoms with Gasteiger partial charge in [0.15, 0.2) is 0 Å². The minimum Gasteiger partial charge on any atom is -0.497 e. The number of benzene rings is 2. The standard InChI is InChI=1S/C24H29N5O2/c1-15-8-5-6-9-19(15)14-29-17(3)23(16(2)28-29)25-24(30)22-13-21(26-27-22)18-10-7-11-20(12-18)31-4/h5-12,21-22,26-27H,13-14H2,1-4H3,(H,25,30). The fraction of sp³-hybridized carbons (Fsp3) is 0.333. The number of carbonyl (C=O) groups excluding carboxylic acids is 1. The average Bonchev–Trinajstić information content (AvgIpc) is 3.37. The van der Waals surface area contributed by atoms with Crippen LogP contribution in [-0.4, -0.2) is 28.8 Å². The molecule has 0 aliphatic carbocycles. The van der Waals surface area contributed by atoms with Crippen molar-refractivity contribution in [2.45, 2.75) is 45.8 Å². The van der Waals surface area contributed by atoms with E-state index in [0.29, 0.717) is 13.0 Å². The minimum atomic E-state index is -0.338. The molecule has 7 heteroatoms. The van der Waals surface area contributed by atoms with E-state index in [9.17, 15) is 4.79 Å². The van der Waals surface area contributed by atoms with Gasteiger partial charge in [-0.3, -0.25) is 9.48 Å². The van der Waals surface area contributed by atoms with E-state index in [1.807, 2.05) is 54.9 Å². The van der Waals surface area contributed by atoms with Crippen LogP contribution in [0.3, 0.4) is 0 Å². The summed E-state index contributed by atoms with van der Waals surface area (Å²) in [6, 6.07) is 15.9. The number of hydrogen-bond donors (Lipinski definition) is 3. The van der Waals surface area contributed by atoms with Crippen LogP contribution in [-0.2, 0) is 11.3 Å². The lowest BCUT2D eigenvalue weighted by Gasteiger charge is -2.12. The summed E-state index contributed by atoms with van der Waals surface area (Å²) in [5, 5.41) is 7.75. The smallest absolute Gasteiger partial charge is 0.243 e. The third kappa shape index (κ3) is 4.47. The van der Waals surface area contributed by atoms with Crippen molar-refractivity contribution < 1.29 is 9.53 Å². The Morgan fingerprint density at radius 1 is 1.16 bits per heavy atom. The number of nitrogens with zero attached hydrogens (tertiary/aromatic N) is 2.